The molecule has 1 fully saturated rings. The van der Waals surface area contributed by atoms with Crippen molar-refractivity contribution >= 4 is 25.8 Å². The maximum Gasteiger partial charge on any atom is 0.241 e. The molecule has 23 heavy (non-hydrogen) atoms. The van der Waals surface area contributed by atoms with Crippen LogP contribution in [-0.2, 0) is 24.7 Å². The minimum absolute atomic E-state index is 0.0478. The van der Waals surface area contributed by atoms with Gasteiger partial charge in [0.05, 0.1) is 22.9 Å². The number of carbonyl (C=O) groups excluding carboxylic acids is 1. The summed E-state index contributed by atoms with van der Waals surface area (Å²) in [5.41, 5.74) is 1.39. The summed E-state index contributed by atoms with van der Waals surface area (Å²) < 4.78 is 49.4. The molecular formula is C14H20N2O5S2. The molecule has 1 aliphatic rings. The average molecular weight is 360 g/mol. The van der Waals surface area contributed by atoms with Gasteiger partial charge in [0.25, 0.3) is 0 Å². The third-order valence-corrected chi connectivity index (χ3v) is 6.96. The van der Waals surface area contributed by atoms with Crippen LogP contribution >= 0.6 is 0 Å². The number of sulfonamides is 1. The van der Waals surface area contributed by atoms with E-state index in [4.69, 9.17) is 0 Å². The highest BCUT2D eigenvalue weighted by atomic mass is 32.2. The first kappa shape index (κ1) is 17.9. The van der Waals surface area contributed by atoms with Gasteiger partial charge < -0.3 is 5.32 Å². The van der Waals surface area contributed by atoms with Gasteiger partial charge in [-0.2, -0.15) is 0 Å². The van der Waals surface area contributed by atoms with Gasteiger partial charge in [-0.05, 0) is 37.5 Å². The smallest absolute Gasteiger partial charge is 0.241 e. The van der Waals surface area contributed by atoms with Crippen LogP contribution in [0, 0.1) is 13.8 Å². The number of hydrogen-bond acceptors (Lipinski definition) is 5. The van der Waals surface area contributed by atoms with E-state index < -0.39 is 38.4 Å². The minimum atomic E-state index is -3.79. The molecule has 1 aromatic carbocycles. The van der Waals surface area contributed by atoms with Crippen molar-refractivity contribution < 1.29 is 21.6 Å². The standard InChI is InChI=1S/C14H20N2O5S2/c1-10-3-4-11(2)13(7-10)23(20,21)15-8-14(17)16-12-5-6-22(18,19)9-12/h3-4,7,12,15H,5-6,8-9H2,1-2H3,(H,16,17). The first-order valence-electron chi connectivity index (χ1n) is 7.16. The predicted molar refractivity (Wildman–Crippen MR) is 86.3 cm³/mol. The summed E-state index contributed by atoms with van der Waals surface area (Å²) in [4.78, 5) is 11.9. The number of amides is 1. The summed E-state index contributed by atoms with van der Waals surface area (Å²) in [5, 5.41) is 2.54. The Morgan fingerprint density at radius 2 is 2.00 bits per heavy atom. The van der Waals surface area contributed by atoms with Crippen molar-refractivity contribution in [1.82, 2.24) is 10.0 Å². The Morgan fingerprint density at radius 1 is 1.30 bits per heavy atom. The van der Waals surface area contributed by atoms with Gasteiger partial charge in [-0.15, -0.1) is 0 Å². The Balaban J connectivity index is 1.97. The number of nitrogens with one attached hydrogen (secondary N) is 2. The van der Waals surface area contributed by atoms with Crippen LogP contribution in [0.2, 0.25) is 0 Å². The Kier molecular flexibility index (Phi) is 5.12. The van der Waals surface area contributed by atoms with Gasteiger partial charge in [-0.3, -0.25) is 4.79 Å². The van der Waals surface area contributed by atoms with Crippen LogP contribution in [0.5, 0.6) is 0 Å². The molecule has 0 bridgehead atoms. The molecule has 1 aromatic rings. The number of hydrogen-bond donors (Lipinski definition) is 2. The second kappa shape index (κ2) is 6.58. The molecule has 1 amide bonds. The van der Waals surface area contributed by atoms with E-state index in [0.29, 0.717) is 12.0 Å². The lowest BCUT2D eigenvalue weighted by atomic mass is 10.2. The van der Waals surface area contributed by atoms with Gasteiger partial charge in [-0.1, -0.05) is 12.1 Å². The highest BCUT2D eigenvalue weighted by molar-refractivity contribution is 7.91. The van der Waals surface area contributed by atoms with Gasteiger partial charge in [0.1, 0.15) is 0 Å². The number of benzene rings is 1. The lowest BCUT2D eigenvalue weighted by Gasteiger charge is -2.13. The zero-order valence-electron chi connectivity index (χ0n) is 13.0. The van der Waals surface area contributed by atoms with Gasteiger partial charge in [-0.25, -0.2) is 21.6 Å². The van der Waals surface area contributed by atoms with Crippen molar-refractivity contribution in [3.63, 3.8) is 0 Å². The Morgan fingerprint density at radius 3 is 2.61 bits per heavy atom. The summed E-state index contributed by atoms with van der Waals surface area (Å²) in [6.45, 7) is 3.04. The molecule has 2 rings (SSSR count). The van der Waals surface area contributed by atoms with Crippen molar-refractivity contribution in [2.45, 2.75) is 31.2 Å². The predicted octanol–water partition coefficient (Wildman–Crippen LogP) is -0.115. The highest BCUT2D eigenvalue weighted by Crippen LogP contribution is 2.16. The molecule has 1 unspecified atom stereocenters. The molecule has 1 saturated heterocycles. The molecule has 1 atom stereocenters. The van der Waals surface area contributed by atoms with Gasteiger partial charge in [0.15, 0.2) is 9.84 Å². The molecule has 2 N–H and O–H groups in total. The molecule has 0 saturated carbocycles. The SMILES string of the molecule is Cc1ccc(C)c(S(=O)(=O)NCC(=O)NC2CCS(=O)(=O)C2)c1. The second-order valence-electron chi connectivity index (χ2n) is 5.76. The fraction of sp³-hybridized carbons (Fsp3) is 0.500. The number of rotatable bonds is 5. The summed E-state index contributed by atoms with van der Waals surface area (Å²) >= 11 is 0. The summed E-state index contributed by atoms with van der Waals surface area (Å²) in [6.07, 6.45) is 0.359. The van der Waals surface area contributed by atoms with Crippen LogP contribution in [0.4, 0.5) is 0 Å². The first-order chi connectivity index (χ1) is 10.6. The van der Waals surface area contributed by atoms with Crippen molar-refractivity contribution in [2.24, 2.45) is 0 Å². The molecule has 0 radical (unpaired) electrons. The average Bonchev–Trinajstić information content (AvgIpc) is 2.78. The number of aryl methyl sites for hydroxylation is 2. The monoisotopic (exact) mass is 360 g/mol. The van der Waals surface area contributed by atoms with Crippen molar-refractivity contribution in [2.75, 3.05) is 18.1 Å². The number of carbonyl (C=O) groups is 1. The van der Waals surface area contributed by atoms with Gasteiger partial charge in [0.2, 0.25) is 15.9 Å². The molecule has 0 aliphatic carbocycles. The molecule has 7 nitrogen and oxygen atoms in total. The molecule has 9 heteroatoms. The maximum atomic E-state index is 12.3. The van der Waals surface area contributed by atoms with Gasteiger partial charge in [0, 0.05) is 6.04 Å². The van der Waals surface area contributed by atoms with E-state index in [-0.39, 0.29) is 16.4 Å². The number of sulfone groups is 1. The lowest BCUT2D eigenvalue weighted by Crippen LogP contribution is -2.42. The van der Waals surface area contributed by atoms with E-state index in [2.05, 4.69) is 10.0 Å². The zero-order valence-corrected chi connectivity index (χ0v) is 14.6. The van der Waals surface area contributed by atoms with E-state index in [1.807, 2.05) is 6.07 Å². The lowest BCUT2D eigenvalue weighted by molar-refractivity contribution is -0.120. The second-order valence-corrected chi connectivity index (χ2v) is 9.73. The molecule has 0 spiro atoms. The van der Waals surface area contributed by atoms with Crippen molar-refractivity contribution in [1.29, 1.82) is 0 Å². The van der Waals surface area contributed by atoms with Crippen LogP contribution < -0.4 is 10.0 Å². The summed E-state index contributed by atoms with van der Waals surface area (Å²) in [6, 6.07) is 4.60. The van der Waals surface area contributed by atoms with Crippen LogP contribution in [0.25, 0.3) is 0 Å². The fourth-order valence-corrected chi connectivity index (χ4v) is 5.41. The third-order valence-electron chi connectivity index (χ3n) is 3.65. The van der Waals surface area contributed by atoms with Crippen LogP contribution in [-0.4, -0.2) is 46.8 Å². The summed E-state index contributed by atoms with van der Waals surface area (Å²) in [7, 11) is -6.89. The van der Waals surface area contributed by atoms with E-state index in [1.54, 1.807) is 26.0 Å². The van der Waals surface area contributed by atoms with Crippen LogP contribution in [0.15, 0.2) is 23.1 Å². The van der Waals surface area contributed by atoms with E-state index in [9.17, 15) is 21.6 Å². The van der Waals surface area contributed by atoms with E-state index in [0.717, 1.165) is 5.56 Å². The first-order valence-corrected chi connectivity index (χ1v) is 10.5. The summed E-state index contributed by atoms with van der Waals surface area (Å²) in [5.74, 6) is -0.588. The van der Waals surface area contributed by atoms with Crippen LogP contribution in [0.3, 0.4) is 0 Å². The molecule has 128 valence electrons. The molecule has 0 aromatic heterocycles. The molecular weight excluding hydrogens is 340 g/mol. The van der Waals surface area contributed by atoms with Crippen LogP contribution in [0.1, 0.15) is 17.5 Å². The Hall–Kier alpha value is -1.45. The topological polar surface area (TPSA) is 109 Å². The van der Waals surface area contributed by atoms with Gasteiger partial charge >= 0.3 is 0 Å². The third kappa shape index (κ3) is 4.76. The van der Waals surface area contributed by atoms with E-state index in [1.165, 1.54) is 0 Å². The van der Waals surface area contributed by atoms with E-state index >= 15 is 0 Å². The Labute approximate surface area is 136 Å². The maximum absolute atomic E-state index is 12.3. The minimum Gasteiger partial charge on any atom is -0.351 e. The fourth-order valence-electron chi connectivity index (χ4n) is 2.42. The van der Waals surface area contributed by atoms with Crippen molar-refractivity contribution in [3.8, 4) is 0 Å². The van der Waals surface area contributed by atoms with Crippen molar-refractivity contribution in [3.05, 3.63) is 29.3 Å². The molecule has 1 heterocycles. The normalized spacial score (nSPS) is 20.3. The quantitative estimate of drug-likeness (QED) is 0.761. The zero-order chi connectivity index (χ0) is 17.3. The Bertz CT molecular complexity index is 816. The largest absolute Gasteiger partial charge is 0.351 e. The highest BCUT2D eigenvalue weighted by Gasteiger charge is 2.29. The molecule has 1 aliphatic heterocycles.